The quantitative estimate of drug-likeness (QED) is 0.389. The van der Waals surface area contributed by atoms with Gasteiger partial charge in [-0.05, 0) is 18.6 Å². The van der Waals surface area contributed by atoms with Crippen molar-refractivity contribution in [3.05, 3.63) is 40.4 Å². The van der Waals surface area contributed by atoms with E-state index in [2.05, 4.69) is 45.0 Å². The molecule has 8 heteroatoms. The fourth-order valence-electron chi connectivity index (χ4n) is 2.33. The summed E-state index contributed by atoms with van der Waals surface area (Å²) in [5.41, 5.74) is 3.22. The summed E-state index contributed by atoms with van der Waals surface area (Å²) in [4.78, 5) is 10.9. The average molecular weight is 392 g/mol. The van der Waals surface area contributed by atoms with Crippen LogP contribution in [0.2, 0.25) is 0 Å². The number of aliphatic imine (C=N–C) groups is 1. The second-order valence-corrected chi connectivity index (χ2v) is 7.08. The van der Waals surface area contributed by atoms with Crippen LogP contribution in [0.25, 0.3) is 0 Å². The molecule has 0 aliphatic carbocycles. The molecule has 0 bridgehead atoms. The smallest absolute Gasteiger partial charge is 0.191 e. The molecule has 148 valence electrons. The largest absolute Gasteiger partial charge is 0.491 e. The molecule has 0 unspecified atom stereocenters. The lowest BCUT2D eigenvalue weighted by Gasteiger charge is -2.15. The number of aromatic nitrogens is 1. The first-order valence-corrected chi connectivity index (χ1v) is 9.69. The zero-order valence-electron chi connectivity index (χ0n) is 16.7. The lowest BCUT2D eigenvalue weighted by Crippen LogP contribution is -2.36. The highest BCUT2D eigenvalue weighted by atomic mass is 32.1. The highest BCUT2D eigenvalue weighted by molar-refractivity contribution is 7.13. The van der Waals surface area contributed by atoms with Crippen molar-refractivity contribution in [1.82, 2.24) is 15.6 Å². The van der Waals surface area contributed by atoms with Crippen molar-refractivity contribution >= 4 is 22.4 Å². The summed E-state index contributed by atoms with van der Waals surface area (Å²) in [5.74, 6) is 1.59. The van der Waals surface area contributed by atoms with Crippen molar-refractivity contribution in [2.24, 2.45) is 4.99 Å². The fraction of sp³-hybridized carbons (Fsp3) is 0.474. The monoisotopic (exact) mass is 391 g/mol. The third kappa shape index (κ3) is 6.73. The number of ether oxygens (including phenoxy) is 2. The third-order valence-electron chi connectivity index (χ3n) is 3.80. The SMILES string of the molecule is CN=C(NCc1csc(N(C)C)n1)NCc1ccc(C)cc1OCCOC. The van der Waals surface area contributed by atoms with Crippen molar-refractivity contribution in [2.45, 2.75) is 20.0 Å². The van der Waals surface area contributed by atoms with E-state index < -0.39 is 0 Å². The normalized spacial score (nSPS) is 11.4. The van der Waals surface area contributed by atoms with Crippen LogP contribution in [0, 0.1) is 6.92 Å². The molecule has 0 fully saturated rings. The molecule has 2 aromatic rings. The van der Waals surface area contributed by atoms with Crippen molar-refractivity contribution in [3.63, 3.8) is 0 Å². The molecule has 27 heavy (non-hydrogen) atoms. The average Bonchev–Trinajstić information content (AvgIpc) is 3.13. The topological polar surface area (TPSA) is 71.0 Å². The van der Waals surface area contributed by atoms with Gasteiger partial charge in [-0.2, -0.15) is 0 Å². The van der Waals surface area contributed by atoms with E-state index in [1.807, 2.05) is 25.1 Å². The summed E-state index contributed by atoms with van der Waals surface area (Å²) < 4.78 is 10.9. The molecule has 1 heterocycles. The van der Waals surface area contributed by atoms with E-state index in [-0.39, 0.29) is 0 Å². The molecule has 1 aromatic carbocycles. The first-order valence-electron chi connectivity index (χ1n) is 8.81. The summed E-state index contributed by atoms with van der Waals surface area (Å²) in [6.45, 7) is 4.37. The van der Waals surface area contributed by atoms with Gasteiger partial charge in [0.1, 0.15) is 12.4 Å². The van der Waals surface area contributed by atoms with E-state index in [1.165, 1.54) is 0 Å². The Morgan fingerprint density at radius 1 is 1.22 bits per heavy atom. The first kappa shape index (κ1) is 21.0. The van der Waals surface area contributed by atoms with Gasteiger partial charge in [0.25, 0.3) is 0 Å². The number of nitrogens with one attached hydrogen (secondary N) is 2. The second-order valence-electron chi connectivity index (χ2n) is 6.25. The Morgan fingerprint density at radius 2 is 2.00 bits per heavy atom. The lowest BCUT2D eigenvalue weighted by atomic mass is 10.1. The maximum atomic E-state index is 5.84. The number of hydrogen-bond acceptors (Lipinski definition) is 6. The fourth-order valence-corrected chi connectivity index (χ4v) is 3.09. The molecule has 0 atom stereocenters. The van der Waals surface area contributed by atoms with Crippen LogP contribution in [0.15, 0.2) is 28.6 Å². The molecule has 0 aliphatic heterocycles. The molecule has 0 saturated carbocycles. The zero-order chi connectivity index (χ0) is 19.6. The Balaban J connectivity index is 1.91. The molecule has 0 aliphatic rings. The van der Waals surface area contributed by atoms with Gasteiger partial charge in [0.15, 0.2) is 11.1 Å². The van der Waals surface area contributed by atoms with E-state index >= 15 is 0 Å². The minimum atomic E-state index is 0.526. The summed E-state index contributed by atoms with van der Waals surface area (Å²) in [6, 6.07) is 6.19. The number of benzene rings is 1. The van der Waals surface area contributed by atoms with Gasteiger partial charge in [-0.25, -0.2) is 4.98 Å². The zero-order valence-corrected chi connectivity index (χ0v) is 17.5. The Morgan fingerprint density at radius 3 is 2.67 bits per heavy atom. The first-order chi connectivity index (χ1) is 13.0. The molecule has 1 aromatic heterocycles. The number of aryl methyl sites for hydroxylation is 1. The Hall–Kier alpha value is -2.32. The van der Waals surface area contributed by atoms with Crippen LogP contribution < -0.4 is 20.3 Å². The van der Waals surface area contributed by atoms with Gasteiger partial charge in [-0.3, -0.25) is 4.99 Å². The summed E-state index contributed by atoms with van der Waals surface area (Å²) in [5, 5.41) is 9.67. The number of guanidine groups is 1. The number of hydrogen-bond donors (Lipinski definition) is 2. The Kier molecular flexibility index (Phi) is 8.35. The van der Waals surface area contributed by atoms with Gasteiger partial charge in [0.05, 0.1) is 18.8 Å². The molecule has 2 N–H and O–H groups in total. The minimum Gasteiger partial charge on any atom is -0.491 e. The number of thiazole rings is 1. The van der Waals surface area contributed by atoms with Gasteiger partial charge < -0.3 is 25.0 Å². The lowest BCUT2D eigenvalue weighted by molar-refractivity contribution is 0.145. The molecular weight excluding hydrogens is 362 g/mol. The Labute approximate surface area is 165 Å². The predicted molar refractivity (Wildman–Crippen MR) is 112 cm³/mol. The van der Waals surface area contributed by atoms with Crippen LogP contribution >= 0.6 is 11.3 Å². The highest BCUT2D eigenvalue weighted by Gasteiger charge is 2.07. The molecule has 0 amide bonds. The maximum Gasteiger partial charge on any atom is 0.191 e. The van der Waals surface area contributed by atoms with Crippen molar-refractivity contribution in [3.8, 4) is 5.75 Å². The van der Waals surface area contributed by atoms with Gasteiger partial charge >= 0.3 is 0 Å². The predicted octanol–water partition coefficient (Wildman–Crippen LogP) is 2.41. The van der Waals surface area contributed by atoms with Crippen molar-refractivity contribution < 1.29 is 9.47 Å². The van der Waals surface area contributed by atoms with Gasteiger partial charge in [0.2, 0.25) is 0 Å². The Bertz CT molecular complexity index is 745. The standard InChI is InChI=1S/C19H29N5O2S/c1-14-6-7-15(17(10-14)26-9-8-25-5)11-21-18(20-2)22-12-16-13-27-19(23-16)24(3)4/h6-7,10,13H,8-9,11-12H2,1-5H3,(H2,20,21,22). The molecule has 0 radical (unpaired) electrons. The highest BCUT2D eigenvalue weighted by Crippen LogP contribution is 2.20. The van der Waals surface area contributed by atoms with Crippen molar-refractivity contribution in [1.29, 1.82) is 0 Å². The summed E-state index contributed by atoms with van der Waals surface area (Å²) in [7, 11) is 7.41. The van der Waals surface area contributed by atoms with Crippen LogP contribution in [0.1, 0.15) is 16.8 Å². The molecule has 0 saturated heterocycles. The third-order valence-corrected chi connectivity index (χ3v) is 4.85. The van der Waals surface area contributed by atoms with E-state index in [9.17, 15) is 0 Å². The van der Waals surface area contributed by atoms with Crippen LogP contribution in [-0.2, 0) is 17.8 Å². The minimum absolute atomic E-state index is 0.526. The van der Waals surface area contributed by atoms with E-state index in [0.29, 0.717) is 26.3 Å². The molecular formula is C19H29N5O2S. The summed E-state index contributed by atoms with van der Waals surface area (Å²) in [6.07, 6.45) is 0. The van der Waals surface area contributed by atoms with Crippen LogP contribution in [0.5, 0.6) is 5.75 Å². The number of anilines is 1. The van der Waals surface area contributed by atoms with Gasteiger partial charge in [-0.15, -0.1) is 11.3 Å². The van der Waals surface area contributed by atoms with Gasteiger partial charge in [-0.1, -0.05) is 12.1 Å². The maximum absolute atomic E-state index is 5.84. The van der Waals surface area contributed by atoms with Crippen LogP contribution in [0.3, 0.4) is 0 Å². The second kappa shape index (κ2) is 10.7. The van der Waals surface area contributed by atoms with E-state index in [0.717, 1.165) is 33.7 Å². The number of methoxy groups -OCH3 is 1. The molecule has 0 spiro atoms. The number of rotatable bonds is 9. The van der Waals surface area contributed by atoms with E-state index in [1.54, 1.807) is 25.5 Å². The molecule has 2 rings (SSSR count). The summed E-state index contributed by atoms with van der Waals surface area (Å²) >= 11 is 1.63. The van der Waals surface area contributed by atoms with Crippen LogP contribution in [-0.4, -0.2) is 52.4 Å². The van der Waals surface area contributed by atoms with Gasteiger partial charge in [0, 0.05) is 45.7 Å². The molecule has 7 nitrogen and oxygen atoms in total. The van der Waals surface area contributed by atoms with Crippen LogP contribution in [0.4, 0.5) is 5.13 Å². The number of nitrogens with zero attached hydrogens (tertiary/aromatic N) is 3. The van der Waals surface area contributed by atoms with E-state index in [4.69, 9.17) is 9.47 Å². The van der Waals surface area contributed by atoms with Crippen molar-refractivity contribution in [2.75, 3.05) is 46.4 Å².